The summed E-state index contributed by atoms with van der Waals surface area (Å²) in [7, 11) is 0. The van der Waals surface area contributed by atoms with Crippen LogP contribution in [-0.2, 0) is 24.1 Å². The Bertz CT molecular complexity index is 8330. The Hall–Kier alpha value is -16.2. The van der Waals surface area contributed by atoms with Gasteiger partial charge < -0.3 is 4.79 Å². The van der Waals surface area contributed by atoms with Crippen LogP contribution in [0, 0.1) is 13.8 Å². The lowest BCUT2D eigenvalue weighted by Gasteiger charge is -2.10. The molecule has 0 amide bonds. The molecular weight excluding hydrogens is 1710 g/mol. The van der Waals surface area contributed by atoms with E-state index in [1.807, 2.05) is 36.4 Å². The van der Waals surface area contributed by atoms with Gasteiger partial charge in [-0.25, -0.2) is 0 Å². The SMILES string of the molecule is C1=Cc2c3ccccc3cc3cccc1c23.C1=Cc2ccc3c4c(ccc1c24)CC3.C1=Cc2cccc3cccc1c23.CC=O.CCc1ccc(-c2ccc3ccc4ccc(-c5ccc(C)cc5)cc4c3c2)cc1.Cc1ccc2ccc3ccc(Br)cc3c2c1.c1ccc(-c2ccc3ccc4ccc(-c5ccccc5)cc4c3c2)cc1.c1ccc2c(c1)ccc1ccccc12.c1ccccc1. The van der Waals surface area contributed by atoms with Crippen molar-refractivity contribution in [3.05, 3.63) is 527 Å². The average Bonchev–Trinajstić information content (AvgIpc) is 1.60. The van der Waals surface area contributed by atoms with Crippen LogP contribution in [0.25, 0.3) is 210 Å². The van der Waals surface area contributed by atoms with Gasteiger partial charge in [0.2, 0.25) is 0 Å². The highest BCUT2D eigenvalue weighted by Gasteiger charge is 2.20. The zero-order chi connectivity index (χ0) is 92.2. The molecular formula is C134H101BrO. The Balaban J connectivity index is 0.0000000985. The zero-order valence-electron chi connectivity index (χ0n) is 76.8. The Morgan fingerprint density at radius 1 is 0.221 bits per heavy atom. The van der Waals surface area contributed by atoms with E-state index in [-0.39, 0.29) is 0 Å². The van der Waals surface area contributed by atoms with Gasteiger partial charge in [0.1, 0.15) is 6.29 Å². The Labute approximate surface area is 804 Å². The minimum Gasteiger partial charge on any atom is -0.304 e. The van der Waals surface area contributed by atoms with Gasteiger partial charge in [-0.15, -0.1) is 0 Å². The molecule has 0 atom stereocenters. The molecule has 0 spiro atoms. The fourth-order valence-corrected chi connectivity index (χ4v) is 20.0. The van der Waals surface area contributed by atoms with Gasteiger partial charge in [0, 0.05) is 4.47 Å². The normalized spacial score (nSPS) is 11.6. The molecule has 0 heterocycles. The Morgan fingerprint density at radius 3 is 0.978 bits per heavy atom. The quantitative estimate of drug-likeness (QED) is 0.0953. The van der Waals surface area contributed by atoms with Crippen LogP contribution in [0.3, 0.4) is 0 Å². The molecule has 0 saturated carbocycles. The van der Waals surface area contributed by atoms with Gasteiger partial charge in [0.15, 0.2) is 0 Å². The van der Waals surface area contributed by atoms with E-state index in [1.54, 1.807) is 16.5 Å². The van der Waals surface area contributed by atoms with Crippen molar-refractivity contribution in [2.45, 2.75) is 47.0 Å². The molecule has 24 aromatic rings. The monoisotopic (exact) mass is 1800 g/mol. The van der Waals surface area contributed by atoms with Gasteiger partial charge in [-0.05, 0) is 306 Å². The van der Waals surface area contributed by atoms with Gasteiger partial charge in [-0.1, -0.05) is 489 Å². The second-order valence-electron chi connectivity index (χ2n) is 35.2. The van der Waals surface area contributed by atoms with E-state index in [0.29, 0.717) is 0 Å². The zero-order valence-corrected chi connectivity index (χ0v) is 78.4. The van der Waals surface area contributed by atoms with Crippen LogP contribution in [0.2, 0.25) is 0 Å². The summed E-state index contributed by atoms with van der Waals surface area (Å²) in [4.78, 5) is 8.81. The summed E-state index contributed by atoms with van der Waals surface area (Å²) in [6.45, 7) is 7.91. The lowest BCUT2D eigenvalue weighted by atomic mass is 9.94. The molecule has 0 aliphatic heterocycles. The number of rotatable bonds is 5. The summed E-state index contributed by atoms with van der Waals surface area (Å²) in [5.41, 5.74) is 25.4. The van der Waals surface area contributed by atoms with Crippen LogP contribution in [0.4, 0.5) is 0 Å². The van der Waals surface area contributed by atoms with E-state index < -0.39 is 0 Å². The highest BCUT2D eigenvalue weighted by Crippen LogP contribution is 2.43. The van der Waals surface area contributed by atoms with Crippen LogP contribution in [0.15, 0.2) is 466 Å². The number of hydrogen-bond donors (Lipinski definition) is 0. The van der Waals surface area contributed by atoms with Crippen LogP contribution in [0.5, 0.6) is 0 Å². The van der Waals surface area contributed by atoms with Crippen molar-refractivity contribution >= 4 is 188 Å². The molecule has 1 nitrogen and oxygen atoms in total. The van der Waals surface area contributed by atoms with Crippen molar-refractivity contribution in [1.29, 1.82) is 0 Å². The summed E-state index contributed by atoms with van der Waals surface area (Å²) >= 11 is 3.54. The third-order valence-corrected chi connectivity index (χ3v) is 27.0. The summed E-state index contributed by atoms with van der Waals surface area (Å²) in [5, 5.41) is 32.1. The maximum atomic E-state index is 8.81. The van der Waals surface area contributed by atoms with Gasteiger partial charge >= 0.3 is 0 Å². The molecule has 2 heteroatoms. The maximum Gasteiger partial charge on any atom is 0.116 e. The highest BCUT2D eigenvalue weighted by molar-refractivity contribution is 9.10. The second kappa shape index (κ2) is 40.5. The molecule has 650 valence electrons. The smallest absolute Gasteiger partial charge is 0.116 e. The minimum absolute atomic E-state index is 0.750. The molecule has 0 radical (unpaired) electrons. The number of hydrogen-bond acceptors (Lipinski definition) is 1. The number of halogens is 1. The third-order valence-electron chi connectivity index (χ3n) is 26.6. The molecule has 0 fully saturated rings. The molecule has 0 N–H and O–H groups in total. The lowest BCUT2D eigenvalue weighted by molar-refractivity contribution is -0.106. The predicted molar refractivity (Wildman–Crippen MR) is 596 cm³/mol. The van der Waals surface area contributed by atoms with Crippen molar-refractivity contribution < 1.29 is 4.79 Å². The van der Waals surface area contributed by atoms with E-state index in [2.05, 4.69) is 498 Å². The molecule has 4 aliphatic rings. The molecule has 136 heavy (non-hydrogen) atoms. The van der Waals surface area contributed by atoms with Crippen molar-refractivity contribution in [3.8, 4) is 44.5 Å². The first kappa shape index (κ1) is 87.7. The third kappa shape index (κ3) is 19.0. The Morgan fingerprint density at radius 2 is 0.529 bits per heavy atom. The van der Waals surface area contributed by atoms with Crippen LogP contribution in [-0.4, -0.2) is 6.29 Å². The number of carbonyl (C=O) groups excluding carboxylic acids is 1. The number of aryl methyl sites for hydroxylation is 5. The average molecular weight is 1810 g/mol. The van der Waals surface area contributed by atoms with Crippen LogP contribution in [0.1, 0.15) is 75.0 Å². The first-order chi connectivity index (χ1) is 67.0. The number of fused-ring (bicyclic) bond motifs is 14. The minimum atomic E-state index is 0.750. The second-order valence-corrected chi connectivity index (χ2v) is 36.1. The summed E-state index contributed by atoms with van der Waals surface area (Å²) in [5.74, 6) is 0. The van der Waals surface area contributed by atoms with Gasteiger partial charge in [0.25, 0.3) is 0 Å². The fourth-order valence-electron chi connectivity index (χ4n) is 19.6. The van der Waals surface area contributed by atoms with Crippen molar-refractivity contribution in [1.82, 2.24) is 0 Å². The van der Waals surface area contributed by atoms with Crippen LogP contribution >= 0.6 is 15.9 Å². The summed E-state index contributed by atoms with van der Waals surface area (Å²) in [6, 6.07) is 165. The summed E-state index contributed by atoms with van der Waals surface area (Å²) in [6.07, 6.45) is 17.6. The number of carbonyl (C=O) groups is 1. The first-order valence-corrected chi connectivity index (χ1v) is 47.9. The summed E-state index contributed by atoms with van der Waals surface area (Å²) < 4.78 is 1.13. The predicted octanol–water partition coefficient (Wildman–Crippen LogP) is 37.7. The van der Waals surface area contributed by atoms with Crippen molar-refractivity contribution in [3.63, 3.8) is 0 Å². The van der Waals surface area contributed by atoms with E-state index in [4.69, 9.17) is 4.79 Å². The van der Waals surface area contributed by atoms with Crippen LogP contribution < -0.4 is 0 Å². The Kier molecular flexibility index (Phi) is 26.1. The number of benzene rings is 24. The lowest BCUT2D eigenvalue weighted by Crippen LogP contribution is -1.85. The molecule has 0 aromatic heterocycles. The standard InChI is InChI=1S/C29H24.C26H18.C16H10.C15H11Br.2C14H10.C12H8.C6H6.C2H4O/c1-3-21-6-10-23(11-7-21)27-17-15-25-13-12-24-14-16-26(18-28(24)29(25)19-27)22-8-4-20(2)5-9-22;1-3-7-19(8-4-1)23-15-13-21-11-12-22-14-16-24(18-26(22)25(21)17-23)20-9-5-2-6-10-20;1-2-7-14-12(4-1)10-13-6-3-5-11-8-9-15(14)16(11)13;1-10-2-3-11-4-5-12-6-7-13(16)9-15(12)14(11)8-10;1-2-10-7-8-12-4-3-11-6-5-9(1)13(10)14(11)12;1-3-7-13-11(5-1)9-10-12-6-2-4-8-14(12)13;1-3-9-4-2-6-11-8-7-10(5-1)12(9)11;1-2-4-6-5-3-1;1-2-3/h4-19H,3H2,1-2H3;1-18H;1-10H;2-9H,1H3;1-2,5-8H,3-4H2;1-10H;1-8H;1-6H;2H,1H3. The number of aldehydes is 1. The topological polar surface area (TPSA) is 17.1 Å². The van der Waals surface area contributed by atoms with Gasteiger partial charge in [-0.2, -0.15) is 0 Å². The van der Waals surface area contributed by atoms with Crippen molar-refractivity contribution in [2.75, 3.05) is 0 Å². The van der Waals surface area contributed by atoms with Gasteiger partial charge in [0.05, 0.1) is 0 Å². The molecule has 4 aliphatic carbocycles. The maximum absolute atomic E-state index is 8.81. The largest absolute Gasteiger partial charge is 0.304 e. The van der Waals surface area contributed by atoms with E-state index >= 15 is 0 Å². The highest BCUT2D eigenvalue weighted by atomic mass is 79.9. The molecule has 0 saturated heterocycles. The molecule has 24 aromatic carbocycles. The molecule has 28 rings (SSSR count). The van der Waals surface area contributed by atoms with E-state index in [9.17, 15) is 0 Å². The first-order valence-electron chi connectivity index (χ1n) is 47.1. The molecule has 0 unspecified atom stereocenters. The van der Waals surface area contributed by atoms with E-state index in [1.165, 1.54) is 238 Å². The fraction of sp³-hybridized carbons (Fsp3) is 0.0522. The molecule has 0 bridgehead atoms. The van der Waals surface area contributed by atoms with Crippen molar-refractivity contribution in [2.24, 2.45) is 0 Å². The van der Waals surface area contributed by atoms with E-state index in [0.717, 1.165) is 17.2 Å². The van der Waals surface area contributed by atoms with Gasteiger partial charge in [-0.3, -0.25) is 0 Å².